The molecule has 14 nitrogen and oxygen atoms in total. The Morgan fingerprint density at radius 3 is 1.68 bits per heavy atom. The van der Waals surface area contributed by atoms with Crippen LogP contribution in [0.15, 0.2) is 94.1 Å². The first-order chi connectivity index (χ1) is 26.5. The minimum Gasteiger partial charge on any atom is -0.399 e. The summed E-state index contributed by atoms with van der Waals surface area (Å²) in [6.07, 6.45) is 4.58. The number of nitrogen functional groups attached to an aromatic ring is 1. The van der Waals surface area contributed by atoms with E-state index in [1.54, 1.807) is 9.03 Å². The van der Waals surface area contributed by atoms with Crippen molar-refractivity contribution in [1.82, 2.24) is 48.8 Å². The fourth-order valence-corrected chi connectivity index (χ4v) is 7.36. The molecule has 57 heavy (non-hydrogen) atoms. The van der Waals surface area contributed by atoms with Crippen molar-refractivity contribution in [2.45, 2.75) is 27.7 Å². The number of anilines is 3. The number of aromatic nitrogens is 6. The second kappa shape index (κ2) is 21.5. The summed E-state index contributed by atoms with van der Waals surface area (Å²) in [7, 11) is 4.17. The molecule has 0 bridgehead atoms. The minimum atomic E-state index is 0. The highest BCUT2D eigenvalue weighted by Crippen LogP contribution is 2.21. The number of nitrogens with zero attached hydrogens (tertiary/aromatic N) is 10. The van der Waals surface area contributed by atoms with E-state index >= 15 is 0 Å². The van der Waals surface area contributed by atoms with Crippen molar-refractivity contribution < 1.29 is 9.59 Å². The number of fused-ring (bicyclic) bond motifs is 2. The molecular formula is C40H51Br2IN12O2. The first-order valence-electron chi connectivity index (χ1n) is 17.8. The number of amides is 2. The molecule has 0 unspecified atom stereocenters. The number of hydrogen-bond donors (Lipinski definition) is 2. The molecule has 4 aromatic heterocycles. The molecule has 0 aliphatic carbocycles. The van der Waals surface area contributed by atoms with E-state index in [1.165, 1.54) is 0 Å². The SMILES string of the molecule is Brc1cccn2nc(I)nc12.C.C.CN1CCN(C(=O)Cc2cccc(N)c2)CC1.CN1CCN(C(=O)Cc2cccc(Nc3nc4c(Br)cccn4n3)c2)CC1. The van der Waals surface area contributed by atoms with Gasteiger partial charge in [-0.3, -0.25) is 9.59 Å². The molecule has 6 aromatic rings. The van der Waals surface area contributed by atoms with Crippen molar-refractivity contribution >= 4 is 94.9 Å². The molecule has 2 fully saturated rings. The van der Waals surface area contributed by atoms with Gasteiger partial charge in [0.15, 0.2) is 11.3 Å². The van der Waals surface area contributed by atoms with Gasteiger partial charge in [0, 0.05) is 98.7 Å². The van der Waals surface area contributed by atoms with E-state index in [0.717, 1.165) is 93.2 Å². The predicted octanol–water partition coefficient (Wildman–Crippen LogP) is 6.51. The molecule has 2 aliphatic rings. The maximum absolute atomic E-state index is 12.6. The lowest BCUT2D eigenvalue weighted by molar-refractivity contribution is -0.132. The minimum absolute atomic E-state index is 0. The van der Waals surface area contributed by atoms with Crippen molar-refractivity contribution in [2.75, 3.05) is 77.5 Å². The third-order valence-corrected chi connectivity index (χ3v) is 10.9. The standard InChI is InChI=1S/C19H21BrN6O.C13H19N3O.C6H3BrIN3.2CH4/c1-24-8-10-25(11-9-24)17(27)13-14-4-2-5-15(12-14)21-19-22-18-16(20)6-3-7-26(18)23-19;1-15-5-7-16(8-6-15)13(17)10-11-3-2-4-12(14)9-11;7-4-2-1-3-11-5(4)9-6(8)10-11;;/h2-7,12H,8-11,13H2,1H3,(H,21,23);2-4,9H,5-8,10,14H2,1H3;1-3H;2*1H4. The van der Waals surface area contributed by atoms with Crippen LogP contribution < -0.4 is 11.1 Å². The fourth-order valence-electron chi connectivity index (χ4n) is 6.05. The highest BCUT2D eigenvalue weighted by molar-refractivity contribution is 14.1. The third-order valence-electron chi connectivity index (χ3n) is 9.16. The second-order valence-corrected chi connectivity index (χ2v) is 16.0. The molecule has 0 atom stereocenters. The van der Waals surface area contributed by atoms with Gasteiger partial charge in [0.1, 0.15) is 0 Å². The smallest absolute Gasteiger partial charge is 0.247 e. The Bertz CT molecular complexity index is 2230. The molecule has 2 aliphatic heterocycles. The second-order valence-electron chi connectivity index (χ2n) is 13.4. The third kappa shape index (κ3) is 12.9. The summed E-state index contributed by atoms with van der Waals surface area (Å²) in [5.74, 6) is 0.892. The molecule has 0 radical (unpaired) electrons. The summed E-state index contributed by atoms with van der Waals surface area (Å²) < 4.78 is 6.07. The Morgan fingerprint density at radius 2 is 1.18 bits per heavy atom. The number of carbonyl (C=O) groups excluding carboxylic acids is 2. The number of carbonyl (C=O) groups is 2. The van der Waals surface area contributed by atoms with E-state index in [9.17, 15) is 9.59 Å². The topological polar surface area (TPSA) is 146 Å². The van der Waals surface area contributed by atoms with Gasteiger partial charge in [-0.05, 0) is 106 Å². The van der Waals surface area contributed by atoms with Crippen LogP contribution in [0, 0.1) is 3.83 Å². The van der Waals surface area contributed by atoms with Gasteiger partial charge in [-0.1, -0.05) is 39.1 Å². The molecule has 17 heteroatoms. The van der Waals surface area contributed by atoms with E-state index < -0.39 is 0 Å². The van der Waals surface area contributed by atoms with Crippen LogP contribution in [0.2, 0.25) is 0 Å². The number of hydrogen-bond acceptors (Lipinski definition) is 10. The zero-order valence-corrected chi connectivity index (χ0v) is 36.0. The molecule has 2 amide bonds. The number of nitrogens with two attached hydrogens (primary N) is 1. The lowest BCUT2D eigenvalue weighted by Crippen LogP contribution is -2.47. The molecule has 6 heterocycles. The van der Waals surface area contributed by atoms with Gasteiger partial charge in [-0.15, -0.1) is 10.2 Å². The van der Waals surface area contributed by atoms with Gasteiger partial charge >= 0.3 is 0 Å². The summed E-state index contributed by atoms with van der Waals surface area (Å²) in [5, 5.41) is 11.8. The number of halogens is 3. The Labute approximate surface area is 365 Å². The highest BCUT2D eigenvalue weighted by Gasteiger charge is 2.20. The van der Waals surface area contributed by atoms with Crippen LogP contribution in [-0.4, -0.2) is 127 Å². The first kappa shape index (κ1) is 45.5. The molecule has 0 saturated carbocycles. The largest absolute Gasteiger partial charge is 0.399 e. The number of benzene rings is 2. The van der Waals surface area contributed by atoms with E-state index in [1.807, 2.05) is 95.0 Å². The molecule has 2 aromatic carbocycles. The summed E-state index contributed by atoms with van der Waals surface area (Å²) in [6.45, 7) is 7.05. The lowest BCUT2D eigenvalue weighted by atomic mass is 10.1. The van der Waals surface area contributed by atoms with E-state index in [-0.39, 0.29) is 26.7 Å². The Morgan fingerprint density at radius 1 is 0.684 bits per heavy atom. The van der Waals surface area contributed by atoms with Crippen molar-refractivity contribution in [1.29, 1.82) is 0 Å². The van der Waals surface area contributed by atoms with Crippen molar-refractivity contribution in [3.05, 3.63) is 109 Å². The average Bonchev–Trinajstić information content (AvgIpc) is 3.77. The number of pyridine rings is 2. The molecule has 0 spiro atoms. The van der Waals surface area contributed by atoms with Gasteiger partial charge in [0.25, 0.3) is 0 Å². The van der Waals surface area contributed by atoms with Gasteiger partial charge in [-0.2, -0.15) is 4.98 Å². The number of nitrogens with one attached hydrogen (secondary N) is 1. The summed E-state index contributed by atoms with van der Waals surface area (Å²) in [6, 6.07) is 23.1. The number of rotatable bonds is 6. The van der Waals surface area contributed by atoms with Crippen LogP contribution in [-0.2, 0) is 22.4 Å². The number of likely N-dealkylation sites (N-methyl/N-ethyl adjacent to an activating group) is 2. The van der Waals surface area contributed by atoms with Crippen LogP contribution in [0.4, 0.5) is 17.3 Å². The zero-order valence-electron chi connectivity index (χ0n) is 30.7. The maximum atomic E-state index is 12.6. The van der Waals surface area contributed by atoms with Crippen LogP contribution in [0.25, 0.3) is 11.3 Å². The zero-order chi connectivity index (χ0) is 38.9. The van der Waals surface area contributed by atoms with Gasteiger partial charge in [0.2, 0.25) is 21.6 Å². The molecule has 8 rings (SSSR count). The Hall–Kier alpha value is -4.17. The van der Waals surface area contributed by atoms with Gasteiger partial charge in [0.05, 0.1) is 21.8 Å². The van der Waals surface area contributed by atoms with E-state index in [4.69, 9.17) is 5.73 Å². The first-order valence-corrected chi connectivity index (χ1v) is 20.5. The van der Waals surface area contributed by atoms with Crippen LogP contribution in [0.1, 0.15) is 26.0 Å². The Kier molecular flexibility index (Phi) is 17.2. The van der Waals surface area contributed by atoms with Gasteiger partial charge < -0.3 is 30.7 Å². The van der Waals surface area contributed by atoms with Crippen LogP contribution in [0.5, 0.6) is 0 Å². The predicted molar refractivity (Wildman–Crippen MR) is 244 cm³/mol. The quantitative estimate of drug-likeness (QED) is 0.140. The van der Waals surface area contributed by atoms with E-state index in [2.05, 4.69) is 104 Å². The molecule has 304 valence electrons. The summed E-state index contributed by atoms with van der Waals surface area (Å²) in [4.78, 5) is 41.7. The summed E-state index contributed by atoms with van der Waals surface area (Å²) in [5.41, 5.74) is 10.9. The summed E-state index contributed by atoms with van der Waals surface area (Å²) >= 11 is 8.95. The van der Waals surface area contributed by atoms with Crippen molar-refractivity contribution in [2.24, 2.45) is 0 Å². The normalized spacial score (nSPS) is 14.4. The van der Waals surface area contributed by atoms with Crippen molar-refractivity contribution in [3.63, 3.8) is 0 Å². The van der Waals surface area contributed by atoms with E-state index in [0.29, 0.717) is 24.5 Å². The number of piperazine rings is 2. The monoisotopic (exact) mass is 1020 g/mol. The molecule has 2 saturated heterocycles. The highest BCUT2D eigenvalue weighted by atomic mass is 127. The maximum Gasteiger partial charge on any atom is 0.247 e. The lowest BCUT2D eigenvalue weighted by Gasteiger charge is -2.32. The average molecular weight is 1020 g/mol. The van der Waals surface area contributed by atoms with Crippen LogP contribution >= 0.6 is 54.5 Å². The molecule has 3 N–H and O–H groups in total. The Balaban J connectivity index is 0.000000205. The molecular weight excluding hydrogens is 967 g/mol. The van der Waals surface area contributed by atoms with Gasteiger partial charge in [-0.25, -0.2) is 14.0 Å². The van der Waals surface area contributed by atoms with Crippen molar-refractivity contribution in [3.8, 4) is 0 Å². The fraction of sp³-hybridized carbons (Fsp3) is 0.350. The van der Waals surface area contributed by atoms with Crippen LogP contribution in [0.3, 0.4) is 0 Å².